The number of allylic oxidation sites excluding steroid dienone is 1. The summed E-state index contributed by atoms with van der Waals surface area (Å²) < 4.78 is 7.39. The Morgan fingerprint density at radius 3 is 2.64 bits per heavy atom. The third-order valence-electron chi connectivity index (χ3n) is 5.37. The zero-order valence-corrected chi connectivity index (χ0v) is 17.0. The maximum atomic E-state index is 12.8. The van der Waals surface area contributed by atoms with Gasteiger partial charge in [-0.25, -0.2) is 4.68 Å². The Balaban J connectivity index is 1.63. The Morgan fingerprint density at radius 2 is 2.00 bits per heavy atom. The summed E-state index contributed by atoms with van der Waals surface area (Å²) in [6.07, 6.45) is 5.32. The van der Waals surface area contributed by atoms with Crippen molar-refractivity contribution in [1.82, 2.24) is 14.7 Å². The quantitative estimate of drug-likeness (QED) is 0.740. The predicted molar refractivity (Wildman–Crippen MR) is 111 cm³/mol. The van der Waals surface area contributed by atoms with Crippen molar-refractivity contribution in [2.75, 3.05) is 32.1 Å². The predicted octanol–water partition coefficient (Wildman–Crippen LogP) is 3.81. The highest BCUT2D eigenvalue weighted by molar-refractivity contribution is 5.94. The summed E-state index contributed by atoms with van der Waals surface area (Å²) in [6.45, 7) is 7.36. The summed E-state index contributed by atoms with van der Waals surface area (Å²) in [5.41, 5.74) is 2.23. The van der Waals surface area contributed by atoms with Crippen LogP contribution in [0, 0.1) is 0 Å². The third kappa shape index (κ3) is 4.88. The fourth-order valence-corrected chi connectivity index (χ4v) is 3.68. The largest absolute Gasteiger partial charge is 0.367 e. The van der Waals surface area contributed by atoms with E-state index in [1.807, 2.05) is 41.1 Å². The molecule has 3 rings (SSSR count). The summed E-state index contributed by atoms with van der Waals surface area (Å²) in [6, 6.07) is 11.7. The molecule has 150 valence electrons. The Kier molecular flexibility index (Phi) is 7.01. The maximum Gasteiger partial charge on any atom is 0.259 e. The van der Waals surface area contributed by atoms with Gasteiger partial charge in [0.2, 0.25) is 0 Å². The average Bonchev–Trinajstić information content (AvgIpc) is 3.18. The number of rotatable bonds is 7. The zero-order valence-electron chi connectivity index (χ0n) is 17.0. The van der Waals surface area contributed by atoms with Crippen LogP contribution in [0.4, 0.5) is 5.82 Å². The Bertz CT molecular complexity index is 792. The summed E-state index contributed by atoms with van der Waals surface area (Å²) >= 11 is 0. The van der Waals surface area contributed by atoms with Gasteiger partial charge in [-0.05, 0) is 32.3 Å². The number of benzene rings is 1. The number of methoxy groups -OCH3 is 1. The zero-order chi connectivity index (χ0) is 19.9. The van der Waals surface area contributed by atoms with Gasteiger partial charge in [-0.1, -0.05) is 42.0 Å². The lowest BCUT2D eigenvalue weighted by atomic mass is 10.0. The second-order valence-electron chi connectivity index (χ2n) is 7.32. The molecule has 1 unspecified atom stereocenters. The van der Waals surface area contributed by atoms with Crippen molar-refractivity contribution in [2.24, 2.45) is 0 Å². The molecule has 0 saturated carbocycles. The lowest BCUT2D eigenvalue weighted by Crippen LogP contribution is -2.36. The minimum absolute atomic E-state index is 0.184. The van der Waals surface area contributed by atoms with Crippen molar-refractivity contribution in [1.29, 1.82) is 0 Å². The number of amides is 1. The Hall–Kier alpha value is -2.44. The van der Waals surface area contributed by atoms with Crippen LogP contribution < -0.4 is 5.32 Å². The van der Waals surface area contributed by atoms with Gasteiger partial charge >= 0.3 is 0 Å². The van der Waals surface area contributed by atoms with Crippen LogP contribution in [-0.4, -0.2) is 47.3 Å². The second-order valence-corrected chi connectivity index (χ2v) is 7.32. The number of nitrogens with one attached hydrogen (secondary N) is 1. The molecule has 1 amide bonds. The van der Waals surface area contributed by atoms with Gasteiger partial charge in [-0.3, -0.25) is 9.69 Å². The third-order valence-corrected chi connectivity index (χ3v) is 5.37. The van der Waals surface area contributed by atoms with E-state index in [0.717, 1.165) is 43.9 Å². The number of likely N-dealkylation sites (tertiary alicyclic amines) is 1. The van der Waals surface area contributed by atoms with Crippen molar-refractivity contribution in [3.05, 3.63) is 59.8 Å². The summed E-state index contributed by atoms with van der Waals surface area (Å²) in [7, 11) is 1.55. The second kappa shape index (κ2) is 9.66. The highest BCUT2D eigenvalue weighted by atomic mass is 16.5. The van der Waals surface area contributed by atoms with Gasteiger partial charge in [0.05, 0.1) is 12.2 Å². The highest BCUT2D eigenvalue weighted by Gasteiger charge is 2.25. The number of piperidine rings is 1. The molecule has 0 aliphatic carbocycles. The molecule has 1 aliphatic heterocycles. The molecule has 6 nitrogen and oxygen atoms in total. The monoisotopic (exact) mass is 382 g/mol. The van der Waals surface area contributed by atoms with Gasteiger partial charge < -0.3 is 10.1 Å². The van der Waals surface area contributed by atoms with E-state index in [1.54, 1.807) is 13.3 Å². The van der Waals surface area contributed by atoms with Gasteiger partial charge in [0.15, 0.2) is 6.10 Å². The van der Waals surface area contributed by atoms with Crippen molar-refractivity contribution in [3.63, 3.8) is 0 Å². The van der Waals surface area contributed by atoms with E-state index in [2.05, 4.69) is 35.2 Å². The fourth-order valence-electron chi connectivity index (χ4n) is 3.68. The number of carbonyl (C=O) groups excluding carboxylic acids is 1. The molecule has 1 aliphatic rings. The lowest BCUT2D eigenvalue weighted by Gasteiger charge is -2.33. The van der Waals surface area contributed by atoms with E-state index in [4.69, 9.17) is 4.74 Å². The summed E-state index contributed by atoms with van der Waals surface area (Å²) in [5, 5.41) is 7.49. The number of hydrogen-bond donors (Lipinski definition) is 1. The molecule has 2 aromatic rings. The van der Waals surface area contributed by atoms with Crippen molar-refractivity contribution < 1.29 is 9.53 Å². The normalized spacial score (nSPS) is 17.5. The van der Waals surface area contributed by atoms with E-state index in [-0.39, 0.29) is 5.91 Å². The van der Waals surface area contributed by atoms with Crippen LogP contribution in [0.1, 0.15) is 44.4 Å². The molecule has 28 heavy (non-hydrogen) atoms. The number of anilines is 1. The first-order valence-corrected chi connectivity index (χ1v) is 9.88. The Morgan fingerprint density at radius 1 is 1.29 bits per heavy atom. The van der Waals surface area contributed by atoms with Crippen LogP contribution in [0.25, 0.3) is 0 Å². The first-order valence-electron chi connectivity index (χ1n) is 9.88. The molecule has 1 N–H and O–H groups in total. The van der Waals surface area contributed by atoms with E-state index < -0.39 is 6.10 Å². The smallest absolute Gasteiger partial charge is 0.259 e. The molecule has 0 radical (unpaired) electrons. The molecule has 1 saturated heterocycles. The maximum absolute atomic E-state index is 12.8. The van der Waals surface area contributed by atoms with Crippen LogP contribution >= 0.6 is 0 Å². The molecule has 0 bridgehead atoms. The van der Waals surface area contributed by atoms with Gasteiger partial charge in [0, 0.05) is 32.8 Å². The van der Waals surface area contributed by atoms with Gasteiger partial charge in [-0.2, -0.15) is 5.10 Å². The van der Waals surface area contributed by atoms with Gasteiger partial charge in [0.1, 0.15) is 5.82 Å². The first kappa shape index (κ1) is 20.3. The van der Waals surface area contributed by atoms with Crippen LogP contribution in [0.3, 0.4) is 0 Å². The van der Waals surface area contributed by atoms with Crippen LogP contribution in [0.2, 0.25) is 0 Å². The van der Waals surface area contributed by atoms with E-state index >= 15 is 0 Å². The number of hydrogen-bond acceptors (Lipinski definition) is 4. The van der Waals surface area contributed by atoms with Gasteiger partial charge in [-0.15, -0.1) is 0 Å². The molecule has 1 atom stereocenters. The molecular formula is C22H30N4O2. The average molecular weight is 383 g/mol. The Labute approximate surface area is 167 Å². The van der Waals surface area contributed by atoms with Crippen molar-refractivity contribution >= 4 is 11.7 Å². The van der Waals surface area contributed by atoms with Crippen LogP contribution in [0.5, 0.6) is 0 Å². The fraction of sp³-hybridized carbons (Fsp3) is 0.455. The molecule has 6 heteroatoms. The molecule has 1 aromatic carbocycles. The van der Waals surface area contributed by atoms with Crippen molar-refractivity contribution in [2.45, 2.75) is 38.8 Å². The van der Waals surface area contributed by atoms with Crippen LogP contribution in [-0.2, 0) is 9.53 Å². The molecule has 1 aromatic heterocycles. The molecular weight excluding hydrogens is 352 g/mol. The SMILES string of the molecule is CC=C(C)CN1CCC(n2nccc2NC(=O)C(OC)c2ccccc2)CC1. The summed E-state index contributed by atoms with van der Waals surface area (Å²) in [5.74, 6) is 0.544. The highest BCUT2D eigenvalue weighted by Crippen LogP contribution is 2.27. The molecule has 2 heterocycles. The van der Waals surface area contributed by atoms with E-state index in [9.17, 15) is 4.79 Å². The first-order chi connectivity index (χ1) is 13.6. The summed E-state index contributed by atoms with van der Waals surface area (Å²) in [4.78, 5) is 15.3. The number of ether oxygens (including phenoxy) is 1. The molecule has 0 spiro atoms. The minimum atomic E-state index is -0.643. The van der Waals surface area contributed by atoms with Crippen molar-refractivity contribution in [3.8, 4) is 0 Å². The van der Waals surface area contributed by atoms with Crippen LogP contribution in [0.15, 0.2) is 54.2 Å². The number of carbonyl (C=O) groups is 1. The molecule has 1 fully saturated rings. The minimum Gasteiger partial charge on any atom is -0.367 e. The topological polar surface area (TPSA) is 59.4 Å². The number of aromatic nitrogens is 2. The standard InChI is InChI=1S/C22H30N4O2/c1-4-17(2)16-25-14-11-19(12-15-25)26-20(10-13-23-26)24-22(27)21(28-3)18-8-6-5-7-9-18/h4-10,13,19,21H,11-12,14-16H2,1-3H3,(H,24,27). The number of nitrogens with zero attached hydrogens (tertiary/aromatic N) is 3. The van der Waals surface area contributed by atoms with Gasteiger partial charge in [0.25, 0.3) is 5.91 Å². The van der Waals surface area contributed by atoms with E-state index in [1.165, 1.54) is 5.57 Å². The van der Waals surface area contributed by atoms with E-state index in [0.29, 0.717) is 6.04 Å². The lowest BCUT2D eigenvalue weighted by molar-refractivity contribution is -0.126.